The molecule has 18 heavy (non-hydrogen) atoms. The summed E-state index contributed by atoms with van der Waals surface area (Å²) in [7, 11) is 0. The van der Waals surface area contributed by atoms with Crippen molar-refractivity contribution in [1.82, 2.24) is 4.90 Å². The number of carbonyl (C=O) groups is 1. The third-order valence-corrected chi connectivity index (χ3v) is 3.17. The van der Waals surface area contributed by atoms with Gasteiger partial charge in [0, 0.05) is 24.2 Å². The number of non-ortho nitro benzene ring substituents is 1. The molecular weight excluding hydrogens is 236 g/mol. The van der Waals surface area contributed by atoms with E-state index in [9.17, 15) is 14.9 Å². The molecule has 1 atom stereocenters. The highest BCUT2D eigenvalue weighted by molar-refractivity contribution is 5.94. The van der Waals surface area contributed by atoms with E-state index in [1.807, 2.05) is 0 Å². The fraction of sp³-hybridized carbons (Fsp3) is 0.417. The minimum atomic E-state index is -0.499. The van der Waals surface area contributed by atoms with Crippen LogP contribution < -0.4 is 0 Å². The van der Waals surface area contributed by atoms with Crippen LogP contribution in [0.15, 0.2) is 24.3 Å². The smallest absolute Gasteiger partial charge is 0.269 e. The molecule has 1 aliphatic rings. The lowest BCUT2D eigenvalue weighted by Gasteiger charge is -2.22. The van der Waals surface area contributed by atoms with Crippen LogP contribution in [0.1, 0.15) is 23.2 Å². The van der Waals surface area contributed by atoms with Crippen molar-refractivity contribution in [1.29, 1.82) is 0 Å². The van der Waals surface area contributed by atoms with Gasteiger partial charge in [0.1, 0.15) is 0 Å². The number of aliphatic hydroxyl groups is 1. The van der Waals surface area contributed by atoms with Crippen LogP contribution in [0.2, 0.25) is 0 Å². The van der Waals surface area contributed by atoms with Crippen molar-refractivity contribution in [2.24, 2.45) is 0 Å². The van der Waals surface area contributed by atoms with E-state index >= 15 is 0 Å². The average molecular weight is 250 g/mol. The summed E-state index contributed by atoms with van der Waals surface area (Å²) in [6, 6.07) is 5.40. The maximum absolute atomic E-state index is 12.1. The highest BCUT2D eigenvalue weighted by Crippen LogP contribution is 2.20. The van der Waals surface area contributed by atoms with Crippen LogP contribution in [0.3, 0.4) is 0 Å². The molecule has 6 nitrogen and oxygen atoms in total. The van der Waals surface area contributed by atoms with Gasteiger partial charge >= 0.3 is 0 Å². The molecule has 2 rings (SSSR count). The topological polar surface area (TPSA) is 83.7 Å². The van der Waals surface area contributed by atoms with Crippen molar-refractivity contribution in [2.45, 2.75) is 18.9 Å². The molecule has 0 aromatic heterocycles. The number of nitro groups is 1. The van der Waals surface area contributed by atoms with Crippen LogP contribution in [-0.2, 0) is 0 Å². The maximum Gasteiger partial charge on any atom is 0.269 e. The average Bonchev–Trinajstić information content (AvgIpc) is 2.86. The van der Waals surface area contributed by atoms with E-state index in [2.05, 4.69) is 0 Å². The number of nitrogens with zero attached hydrogens (tertiary/aromatic N) is 2. The van der Waals surface area contributed by atoms with Crippen molar-refractivity contribution in [3.05, 3.63) is 39.9 Å². The van der Waals surface area contributed by atoms with Crippen molar-refractivity contribution in [3.8, 4) is 0 Å². The Labute approximate surface area is 104 Å². The Morgan fingerprint density at radius 1 is 1.44 bits per heavy atom. The van der Waals surface area contributed by atoms with Gasteiger partial charge in [0.15, 0.2) is 0 Å². The summed E-state index contributed by atoms with van der Waals surface area (Å²) in [4.78, 5) is 23.8. The molecule has 1 fully saturated rings. The second kappa shape index (κ2) is 5.14. The first-order valence-electron chi connectivity index (χ1n) is 5.80. The number of hydrogen-bond donors (Lipinski definition) is 1. The third-order valence-electron chi connectivity index (χ3n) is 3.17. The molecule has 0 spiro atoms. The van der Waals surface area contributed by atoms with Gasteiger partial charge in [-0.3, -0.25) is 14.9 Å². The van der Waals surface area contributed by atoms with Crippen LogP contribution in [0.4, 0.5) is 5.69 Å². The van der Waals surface area contributed by atoms with E-state index < -0.39 is 4.92 Å². The van der Waals surface area contributed by atoms with Crippen LogP contribution in [0.5, 0.6) is 0 Å². The lowest BCUT2D eigenvalue weighted by atomic mass is 10.1. The van der Waals surface area contributed by atoms with Crippen LogP contribution in [0.25, 0.3) is 0 Å². The number of carbonyl (C=O) groups excluding carboxylic acids is 1. The normalized spacial score (nSPS) is 18.9. The fourth-order valence-electron chi connectivity index (χ4n) is 2.18. The fourth-order valence-corrected chi connectivity index (χ4v) is 2.18. The predicted octanol–water partition coefficient (Wildman–Crippen LogP) is 1.19. The monoisotopic (exact) mass is 250 g/mol. The summed E-state index contributed by atoms with van der Waals surface area (Å²) in [5.41, 5.74) is 0.382. The lowest BCUT2D eigenvalue weighted by molar-refractivity contribution is -0.384. The Hall–Kier alpha value is -1.95. The molecule has 1 N–H and O–H groups in total. The summed E-state index contributed by atoms with van der Waals surface area (Å²) in [5, 5.41) is 19.7. The summed E-state index contributed by atoms with van der Waals surface area (Å²) in [6.45, 7) is 0.583. The number of benzene rings is 1. The van der Waals surface area contributed by atoms with E-state index in [0.717, 1.165) is 12.8 Å². The minimum absolute atomic E-state index is 0.0355. The Morgan fingerprint density at radius 3 is 2.67 bits per heavy atom. The Morgan fingerprint density at radius 2 is 2.11 bits per heavy atom. The lowest BCUT2D eigenvalue weighted by Crippen LogP contribution is -2.37. The molecule has 1 aliphatic heterocycles. The zero-order chi connectivity index (χ0) is 13.1. The largest absolute Gasteiger partial charge is 0.394 e. The molecule has 1 saturated heterocycles. The standard InChI is InChI=1S/C12H14N2O4/c15-8-11-2-1-7-13(11)12(16)9-3-5-10(6-4-9)14(17)18/h3-6,11,15H,1-2,7-8H2. The molecule has 96 valence electrons. The van der Waals surface area contributed by atoms with Gasteiger partial charge in [0.25, 0.3) is 11.6 Å². The summed E-state index contributed by atoms with van der Waals surface area (Å²) < 4.78 is 0. The van der Waals surface area contributed by atoms with Crippen molar-refractivity contribution in [3.63, 3.8) is 0 Å². The molecule has 1 aromatic rings. The predicted molar refractivity (Wildman–Crippen MR) is 64.2 cm³/mol. The zero-order valence-corrected chi connectivity index (χ0v) is 9.78. The quantitative estimate of drug-likeness (QED) is 0.645. The molecule has 1 aromatic carbocycles. The molecule has 0 aliphatic carbocycles. The number of nitro benzene ring substituents is 1. The summed E-state index contributed by atoms with van der Waals surface area (Å²) >= 11 is 0. The van der Waals surface area contributed by atoms with E-state index in [-0.39, 0.29) is 24.2 Å². The molecule has 1 amide bonds. The van der Waals surface area contributed by atoms with Gasteiger partial charge < -0.3 is 10.0 Å². The zero-order valence-electron chi connectivity index (χ0n) is 9.78. The molecule has 1 heterocycles. The van der Waals surface area contributed by atoms with Crippen LogP contribution >= 0.6 is 0 Å². The first-order valence-corrected chi connectivity index (χ1v) is 5.80. The molecule has 0 saturated carbocycles. The molecule has 1 unspecified atom stereocenters. The van der Waals surface area contributed by atoms with Gasteiger partial charge in [-0.2, -0.15) is 0 Å². The highest BCUT2D eigenvalue weighted by Gasteiger charge is 2.28. The Balaban J connectivity index is 2.16. The minimum Gasteiger partial charge on any atom is -0.394 e. The van der Waals surface area contributed by atoms with Gasteiger partial charge in [0.05, 0.1) is 17.6 Å². The molecule has 0 radical (unpaired) electrons. The molecular formula is C12H14N2O4. The van der Waals surface area contributed by atoms with E-state index in [1.54, 1.807) is 4.90 Å². The van der Waals surface area contributed by atoms with Gasteiger partial charge in [-0.15, -0.1) is 0 Å². The van der Waals surface area contributed by atoms with Crippen molar-refractivity contribution >= 4 is 11.6 Å². The maximum atomic E-state index is 12.1. The van der Waals surface area contributed by atoms with Gasteiger partial charge in [0.2, 0.25) is 0 Å². The van der Waals surface area contributed by atoms with Gasteiger partial charge in [-0.1, -0.05) is 0 Å². The summed E-state index contributed by atoms with van der Waals surface area (Å²) in [6.07, 6.45) is 1.68. The third kappa shape index (κ3) is 2.33. The van der Waals surface area contributed by atoms with Crippen LogP contribution in [-0.4, -0.2) is 40.0 Å². The molecule has 0 bridgehead atoms. The number of likely N-dealkylation sites (tertiary alicyclic amines) is 1. The van der Waals surface area contributed by atoms with E-state index in [4.69, 9.17) is 5.11 Å². The first kappa shape index (κ1) is 12.5. The Kier molecular flexibility index (Phi) is 3.57. The van der Waals surface area contributed by atoms with Crippen molar-refractivity contribution in [2.75, 3.05) is 13.2 Å². The van der Waals surface area contributed by atoms with Crippen molar-refractivity contribution < 1.29 is 14.8 Å². The number of amides is 1. The van der Waals surface area contributed by atoms with Crippen LogP contribution in [0, 0.1) is 10.1 Å². The van der Waals surface area contributed by atoms with Gasteiger partial charge in [-0.25, -0.2) is 0 Å². The number of hydrogen-bond acceptors (Lipinski definition) is 4. The SMILES string of the molecule is O=C(c1ccc([N+](=O)[O-])cc1)N1CCCC1CO. The second-order valence-corrected chi connectivity index (χ2v) is 4.28. The summed E-state index contributed by atoms with van der Waals surface area (Å²) in [5.74, 6) is -0.179. The van der Waals surface area contributed by atoms with Gasteiger partial charge in [-0.05, 0) is 25.0 Å². The second-order valence-electron chi connectivity index (χ2n) is 4.28. The highest BCUT2D eigenvalue weighted by atomic mass is 16.6. The molecule has 6 heteroatoms. The van der Waals surface area contributed by atoms with E-state index in [1.165, 1.54) is 24.3 Å². The Bertz CT molecular complexity index is 458. The number of aliphatic hydroxyl groups excluding tert-OH is 1. The number of rotatable bonds is 3. The van der Waals surface area contributed by atoms with E-state index in [0.29, 0.717) is 12.1 Å². The first-order chi connectivity index (χ1) is 8.63.